The zero-order valence-corrected chi connectivity index (χ0v) is 17.5. The fourth-order valence-corrected chi connectivity index (χ4v) is 7.12. The lowest BCUT2D eigenvalue weighted by Gasteiger charge is -2.58. The summed E-state index contributed by atoms with van der Waals surface area (Å²) in [6.07, 6.45) is 7.22. The number of nitrogens with zero attached hydrogens (tertiary/aromatic N) is 3. The number of aryl methyl sites for hydroxylation is 1. The van der Waals surface area contributed by atoms with Crippen molar-refractivity contribution in [1.82, 2.24) is 15.1 Å². The molecule has 4 saturated carbocycles. The number of nitrogens with one attached hydrogen (secondary N) is 1. The van der Waals surface area contributed by atoms with E-state index in [0.29, 0.717) is 30.0 Å². The van der Waals surface area contributed by atoms with Crippen molar-refractivity contribution in [3.8, 4) is 0 Å². The second kappa shape index (κ2) is 7.05. The average Bonchev–Trinajstić information content (AvgIpc) is 2.97. The van der Waals surface area contributed by atoms with E-state index in [1.165, 1.54) is 4.68 Å². The molecule has 0 aromatic carbocycles. The van der Waals surface area contributed by atoms with E-state index in [1.54, 1.807) is 7.05 Å². The standard InChI is InChI=1S/C22H33FN4O2/c1-26(16-4-3-5-24-12-16)21-19(23)20(25-27(21)2)18(28)8-17-14-6-13-7-15(17)11-22(29,9-13)10-14/h13-17,24,29H,3-12H2,1-2H3/t13?,14?,15?,16-,17?,22?/m0/s1. The molecule has 1 aromatic rings. The van der Waals surface area contributed by atoms with Crippen LogP contribution in [0, 0.1) is 29.5 Å². The number of carbonyl (C=O) groups is 1. The number of piperidine rings is 1. The minimum atomic E-state index is -0.504. The highest BCUT2D eigenvalue weighted by atomic mass is 19.1. The number of aromatic nitrogens is 2. The molecule has 160 valence electrons. The first-order chi connectivity index (χ1) is 13.8. The largest absolute Gasteiger partial charge is 0.390 e. The maximum Gasteiger partial charge on any atom is 0.196 e. The number of carbonyl (C=O) groups excluding carboxylic acids is 1. The number of rotatable bonds is 5. The van der Waals surface area contributed by atoms with Crippen LogP contribution in [-0.2, 0) is 7.05 Å². The van der Waals surface area contributed by atoms with Gasteiger partial charge in [0.25, 0.3) is 0 Å². The molecule has 0 amide bonds. The quantitative estimate of drug-likeness (QED) is 0.738. The summed E-state index contributed by atoms with van der Waals surface area (Å²) in [6, 6.07) is 0.210. The SMILES string of the molecule is CN(c1c(F)c(C(=O)CC2C3CC4CC2CC(O)(C4)C3)nn1C)[C@H]1CCCNC1. The van der Waals surface area contributed by atoms with E-state index < -0.39 is 11.4 Å². The Labute approximate surface area is 171 Å². The van der Waals surface area contributed by atoms with Crippen molar-refractivity contribution >= 4 is 11.6 Å². The van der Waals surface area contributed by atoms with Gasteiger partial charge in [-0.1, -0.05) is 0 Å². The van der Waals surface area contributed by atoms with E-state index in [4.69, 9.17) is 0 Å². The van der Waals surface area contributed by atoms with Gasteiger partial charge in [0, 0.05) is 33.1 Å². The van der Waals surface area contributed by atoms with Crippen molar-refractivity contribution in [2.75, 3.05) is 25.0 Å². The molecule has 4 aliphatic carbocycles. The fourth-order valence-electron chi connectivity index (χ4n) is 7.12. The number of ketones is 1. The molecule has 2 unspecified atom stereocenters. The topological polar surface area (TPSA) is 70.4 Å². The highest BCUT2D eigenvalue weighted by molar-refractivity contribution is 5.95. The Kier molecular flexibility index (Phi) is 4.74. The van der Waals surface area contributed by atoms with E-state index in [2.05, 4.69) is 10.4 Å². The van der Waals surface area contributed by atoms with Crippen LogP contribution in [0.3, 0.4) is 0 Å². The molecule has 6 rings (SSSR count). The summed E-state index contributed by atoms with van der Waals surface area (Å²) in [5.41, 5.74) is -0.512. The molecular formula is C22H33FN4O2. The number of aliphatic hydroxyl groups is 1. The van der Waals surface area contributed by atoms with Crippen LogP contribution < -0.4 is 10.2 Å². The molecular weight excluding hydrogens is 371 g/mol. The van der Waals surface area contributed by atoms with Crippen LogP contribution in [-0.4, -0.2) is 52.5 Å². The summed E-state index contributed by atoms with van der Waals surface area (Å²) in [4.78, 5) is 15.0. The number of hydrogen-bond acceptors (Lipinski definition) is 5. The first kappa shape index (κ1) is 19.5. The van der Waals surface area contributed by atoms with Gasteiger partial charge in [-0.2, -0.15) is 5.10 Å². The molecule has 6 nitrogen and oxygen atoms in total. The Morgan fingerprint density at radius 2 is 2.07 bits per heavy atom. The summed E-state index contributed by atoms with van der Waals surface area (Å²) < 4.78 is 16.8. The van der Waals surface area contributed by atoms with Gasteiger partial charge < -0.3 is 15.3 Å². The van der Waals surface area contributed by atoms with Crippen LogP contribution in [0.15, 0.2) is 0 Å². The molecule has 4 bridgehead atoms. The van der Waals surface area contributed by atoms with E-state index in [0.717, 1.165) is 58.0 Å². The third-order valence-electron chi connectivity index (χ3n) is 8.23. The first-order valence-corrected chi connectivity index (χ1v) is 11.3. The third-order valence-corrected chi connectivity index (χ3v) is 8.23. The van der Waals surface area contributed by atoms with Gasteiger partial charge in [-0.05, 0) is 75.2 Å². The highest BCUT2D eigenvalue weighted by Gasteiger charge is 2.55. The summed E-state index contributed by atoms with van der Waals surface area (Å²) in [5.74, 6) is 1.43. The molecule has 3 atom stereocenters. The molecule has 0 spiro atoms. The second-order valence-electron chi connectivity index (χ2n) is 10.2. The molecule has 2 N–H and O–H groups in total. The van der Waals surface area contributed by atoms with Crippen LogP contribution in [0.4, 0.5) is 10.2 Å². The maximum absolute atomic E-state index is 15.3. The Hall–Kier alpha value is -1.47. The van der Waals surface area contributed by atoms with Crippen molar-refractivity contribution in [2.45, 2.75) is 63.0 Å². The first-order valence-electron chi connectivity index (χ1n) is 11.3. The lowest BCUT2D eigenvalue weighted by atomic mass is 9.49. The molecule has 2 heterocycles. The van der Waals surface area contributed by atoms with Gasteiger partial charge >= 0.3 is 0 Å². The van der Waals surface area contributed by atoms with Crippen LogP contribution in [0.1, 0.15) is 61.9 Å². The van der Waals surface area contributed by atoms with Crippen molar-refractivity contribution in [3.63, 3.8) is 0 Å². The highest BCUT2D eigenvalue weighted by Crippen LogP contribution is 2.59. The average molecular weight is 405 g/mol. The smallest absolute Gasteiger partial charge is 0.196 e. The second-order valence-corrected chi connectivity index (χ2v) is 10.2. The van der Waals surface area contributed by atoms with Crippen LogP contribution in [0.25, 0.3) is 0 Å². The molecule has 1 aromatic heterocycles. The van der Waals surface area contributed by atoms with E-state index >= 15 is 4.39 Å². The Balaban J connectivity index is 1.33. The zero-order valence-electron chi connectivity index (χ0n) is 17.5. The maximum atomic E-state index is 15.3. The molecule has 5 fully saturated rings. The van der Waals surface area contributed by atoms with Gasteiger partial charge in [-0.25, -0.2) is 9.07 Å². The van der Waals surface area contributed by atoms with Gasteiger partial charge in [0.1, 0.15) is 0 Å². The van der Waals surface area contributed by atoms with Crippen LogP contribution >= 0.6 is 0 Å². The zero-order chi connectivity index (χ0) is 20.3. The minimum Gasteiger partial charge on any atom is -0.390 e. The van der Waals surface area contributed by atoms with Crippen molar-refractivity contribution in [2.24, 2.45) is 30.7 Å². The van der Waals surface area contributed by atoms with Crippen LogP contribution in [0.5, 0.6) is 0 Å². The fraction of sp³-hybridized carbons (Fsp3) is 0.818. The van der Waals surface area contributed by atoms with E-state index in [1.807, 2.05) is 11.9 Å². The lowest BCUT2D eigenvalue weighted by molar-refractivity contribution is -0.151. The van der Waals surface area contributed by atoms with Crippen molar-refractivity contribution in [1.29, 1.82) is 0 Å². The summed E-state index contributed by atoms with van der Waals surface area (Å²) in [5, 5.41) is 18.4. The van der Waals surface area contributed by atoms with Gasteiger partial charge in [-0.15, -0.1) is 0 Å². The Morgan fingerprint density at radius 3 is 2.69 bits per heavy atom. The van der Waals surface area contributed by atoms with Gasteiger partial charge in [0.05, 0.1) is 5.60 Å². The summed E-state index contributed by atoms with van der Waals surface area (Å²) in [6.45, 7) is 1.82. The molecule has 7 heteroatoms. The predicted octanol–water partition coefficient (Wildman–Crippen LogP) is 2.51. The van der Waals surface area contributed by atoms with Gasteiger partial charge in [-0.3, -0.25) is 4.79 Å². The van der Waals surface area contributed by atoms with Crippen molar-refractivity contribution < 1.29 is 14.3 Å². The normalized spacial score (nSPS) is 38.4. The number of Topliss-reactive ketones (excluding diaryl/α,β-unsaturated/α-hetero) is 1. The number of anilines is 1. The molecule has 5 aliphatic rings. The summed E-state index contributed by atoms with van der Waals surface area (Å²) >= 11 is 0. The number of halogens is 1. The Bertz CT molecular complexity index is 787. The predicted molar refractivity (Wildman–Crippen MR) is 108 cm³/mol. The molecule has 0 radical (unpaired) electrons. The van der Waals surface area contributed by atoms with E-state index in [-0.39, 0.29) is 23.4 Å². The number of hydrogen-bond donors (Lipinski definition) is 2. The lowest BCUT2D eigenvalue weighted by Crippen LogP contribution is -2.54. The van der Waals surface area contributed by atoms with E-state index in [9.17, 15) is 9.90 Å². The number of likely N-dealkylation sites (N-methyl/N-ethyl adjacent to an activating group) is 1. The van der Waals surface area contributed by atoms with Gasteiger partial charge in [0.15, 0.2) is 23.1 Å². The van der Waals surface area contributed by atoms with Crippen LogP contribution in [0.2, 0.25) is 0 Å². The molecule has 1 saturated heterocycles. The summed E-state index contributed by atoms with van der Waals surface area (Å²) in [7, 11) is 3.62. The Morgan fingerprint density at radius 1 is 1.34 bits per heavy atom. The molecule has 1 aliphatic heterocycles. The van der Waals surface area contributed by atoms with Gasteiger partial charge in [0.2, 0.25) is 0 Å². The molecule has 29 heavy (non-hydrogen) atoms. The monoisotopic (exact) mass is 404 g/mol. The van der Waals surface area contributed by atoms with Crippen molar-refractivity contribution in [3.05, 3.63) is 11.5 Å². The third kappa shape index (κ3) is 3.30. The minimum absolute atomic E-state index is 0.00867.